The number of ether oxygens (including phenoxy) is 1. The molecule has 2 aromatic rings. The fraction of sp³-hybridized carbons (Fsp3) is 0.450. The summed E-state index contributed by atoms with van der Waals surface area (Å²) in [4.78, 5) is 31.2. The number of amides is 1. The fourth-order valence-corrected chi connectivity index (χ4v) is 2.94. The molecule has 0 saturated heterocycles. The van der Waals surface area contributed by atoms with Gasteiger partial charge in [0.25, 0.3) is 5.56 Å². The first-order valence-corrected chi connectivity index (χ1v) is 10.2. The molecule has 0 atom stereocenters. The molecule has 0 aliphatic carbocycles. The number of hydrogen-bond donors (Lipinski definition) is 2. The highest BCUT2D eigenvalue weighted by Crippen LogP contribution is 2.10. The third-order valence-corrected chi connectivity index (χ3v) is 4.67. The standard InChI is InChI=1S/C20H27N3O3S/c1-13(2)26-12-16-7-5-15(6-8-16)11-21-18(24)10-9-17-14(3)22-20(27-4)23-19(17)25/h5-8,13H,9-12H2,1-4H3,(H,21,24)(H,22,23,25). The van der Waals surface area contributed by atoms with Gasteiger partial charge in [0.1, 0.15) is 0 Å². The quantitative estimate of drug-likeness (QED) is 0.509. The average molecular weight is 390 g/mol. The van der Waals surface area contributed by atoms with E-state index >= 15 is 0 Å². The highest BCUT2D eigenvalue weighted by molar-refractivity contribution is 7.98. The molecule has 2 N–H and O–H groups in total. The van der Waals surface area contributed by atoms with E-state index in [2.05, 4.69) is 15.3 Å². The van der Waals surface area contributed by atoms with E-state index in [-0.39, 0.29) is 24.0 Å². The largest absolute Gasteiger partial charge is 0.374 e. The molecule has 7 heteroatoms. The van der Waals surface area contributed by atoms with Crippen molar-refractivity contribution in [2.45, 2.75) is 58.0 Å². The number of carbonyl (C=O) groups excluding carboxylic acids is 1. The van der Waals surface area contributed by atoms with Crippen LogP contribution in [0.5, 0.6) is 0 Å². The van der Waals surface area contributed by atoms with Crippen molar-refractivity contribution < 1.29 is 9.53 Å². The van der Waals surface area contributed by atoms with Gasteiger partial charge >= 0.3 is 0 Å². The lowest BCUT2D eigenvalue weighted by Gasteiger charge is -2.09. The van der Waals surface area contributed by atoms with Gasteiger partial charge in [-0.1, -0.05) is 36.0 Å². The van der Waals surface area contributed by atoms with Crippen LogP contribution in [0.15, 0.2) is 34.2 Å². The van der Waals surface area contributed by atoms with E-state index in [9.17, 15) is 9.59 Å². The van der Waals surface area contributed by atoms with Crippen LogP contribution in [0, 0.1) is 6.92 Å². The van der Waals surface area contributed by atoms with Gasteiger partial charge in [0.15, 0.2) is 5.16 Å². The normalized spacial score (nSPS) is 11.0. The lowest BCUT2D eigenvalue weighted by atomic mass is 10.1. The number of aryl methyl sites for hydroxylation is 1. The van der Waals surface area contributed by atoms with E-state index in [0.717, 1.165) is 11.1 Å². The molecule has 1 aromatic heterocycles. The van der Waals surface area contributed by atoms with E-state index in [0.29, 0.717) is 36.0 Å². The molecule has 1 heterocycles. The van der Waals surface area contributed by atoms with Gasteiger partial charge in [-0.25, -0.2) is 4.98 Å². The molecule has 0 bridgehead atoms. The van der Waals surface area contributed by atoms with Gasteiger partial charge in [-0.2, -0.15) is 0 Å². The van der Waals surface area contributed by atoms with Gasteiger partial charge in [-0.15, -0.1) is 0 Å². The molecule has 0 aliphatic heterocycles. The minimum Gasteiger partial charge on any atom is -0.374 e. The first-order chi connectivity index (χ1) is 12.9. The molecular weight excluding hydrogens is 362 g/mol. The Hall–Kier alpha value is -2.12. The Morgan fingerprint density at radius 3 is 2.52 bits per heavy atom. The zero-order valence-corrected chi connectivity index (χ0v) is 17.1. The molecule has 6 nitrogen and oxygen atoms in total. The van der Waals surface area contributed by atoms with Crippen molar-refractivity contribution in [3.8, 4) is 0 Å². The van der Waals surface area contributed by atoms with E-state index in [1.54, 1.807) is 6.92 Å². The van der Waals surface area contributed by atoms with Gasteiger partial charge in [-0.3, -0.25) is 9.59 Å². The Kier molecular flexibility index (Phi) is 8.06. The monoisotopic (exact) mass is 389 g/mol. The van der Waals surface area contributed by atoms with E-state index in [4.69, 9.17) is 4.74 Å². The maximum Gasteiger partial charge on any atom is 0.254 e. The molecule has 0 fully saturated rings. The maximum atomic E-state index is 12.1. The number of H-pyrrole nitrogens is 1. The van der Waals surface area contributed by atoms with Crippen molar-refractivity contribution in [3.63, 3.8) is 0 Å². The first kappa shape index (κ1) is 21.2. The summed E-state index contributed by atoms with van der Waals surface area (Å²) in [5, 5.41) is 3.48. The Labute approximate surface area is 164 Å². The van der Waals surface area contributed by atoms with Gasteiger partial charge in [0, 0.05) is 24.2 Å². The predicted molar refractivity (Wildman–Crippen MR) is 108 cm³/mol. The lowest BCUT2D eigenvalue weighted by molar-refractivity contribution is -0.121. The van der Waals surface area contributed by atoms with E-state index in [1.807, 2.05) is 44.4 Å². The second-order valence-corrected chi connectivity index (χ2v) is 7.39. The summed E-state index contributed by atoms with van der Waals surface area (Å²) in [6.45, 7) is 6.86. The number of carbonyl (C=O) groups is 1. The summed E-state index contributed by atoms with van der Waals surface area (Å²) >= 11 is 1.39. The second kappa shape index (κ2) is 10.3. The van der Waals surface area contributed by atoms with E-state index < -0.39 is 0 Å². The number of rotatable bonds is 9. The van der Waals surface area contributed by atoms with Crippen LogP contribution < -0.4 is 10.9 Å². The van der Waals surface area contributed by atoms with Crippen LogP contribution in [-0.4, -0.2) is 28.2 Å². The van der Waals surface area contributed by atoms with Crippen molar-refractivity contribution in [2.75, 3.05) is 6.26 Å². The zero-order chi connectivity index (χ0) is 19.8. The van der Waals surface area contributed by atoms with Crippen LogP contribution in [0.25, 0.3) is 0 Å². The fourth-order valence-electron chi connectivity index (χ4n) is 2.52. The maximum absolute atomic E-state index is 12.1. The topological polar surface area (TPSA) is 84.1 Å². The molecule has 1 amide bonds. The Balaban J connectivity index is 1.82. The number of hydrogen-bond acceptors (Lipinski definition) is 5. The van der Waals surface area contributed by atoms with Crippen LogP contribution in [0.1, 0.15) is 42.7 Å². The second-order valence-electron chi connectivity index (χ2n) is 6.59. The molecule has 0 radical (unpaired) electrons. The van der Waals surface area contributed by atoms with Crippen molar-refractivity contribution in [2.24, 2.45) is 0 Å². The van der Waals surface area contributed by atoms with Gasteiger partial charge in [-0.05, 0) is 44.6 Å². The highest BCUT2D eigenvalue weighted by Gasteiger charge is 2.10. The molecule has 0 saturated carbocycles. The Morgan fingerprint density at radius 2 is 1.93 bits per heavy atom. The Morgan fingerprint density at radius 1 is 1.26 bits per heavy atom. The summed E-state index contributed by atoms with van der Waals surface area (Å²) in [5.41, 5.74) is 3.21. The summed E-state index contributed by atoms with van der Waals surface area (Å²) in [6, 6.07) is 7.98. The van der Waals surface area contributed by atoms with Crippen molar-refractivity contribution in [1.82, 2.24) is 15.3 Å². The smallest absolute Gasteiger partial charge is 0.254 e. The summed E-state index contributed by atoms with van der Waals surface area (Å²) in [7, 11) is 0. The zero-order valence-electron chi connectivity index (χ0n) is 16.3. The lowest BCUT2D eigenvalue weighted by Crippen LogP contribution is -2.25. The number of thioether (sulfide) groups is 1. The summed E-state index contributed by atoms with van der Waals surface area (Å²) in [6.07, 6.45) is 2.69. The minimum atomic E-state index is -0.168. The molecule has 27 heavy (non-hydrogen) atoms. The van der Waals surface area contributed by atoms with Crippen LogP contribution in [0.3, 0.4) is 0 Å². The SMILES string of the molecule is CSc1nc(C)c(CCC(=O)NCc2ccc(COC(C)C)cc2)c(=O)[nH]1. The van der Waals surface area contributed by atoms with E-state index in [1.165, 1.54) is 11.8 Å². The molecular formula is C20H27N3O3S. The molecule has 0 aliphatic rings. The molecule has 2 rings (SSSR count). The number of aromatic nitrogens is 2. The molecule has 0 unspecified atom stereocenters. The highest BCUT2D eigenvalue weighted by atomic mass is 32.2. The number of nitrogens with zero attached hydrogens (tertiary/aromatic N) is 1. The summed E-state index contributed by atoms with van der Waals surface area (Å²) in [5.74, 6) is -0.0880. The third-order valence-electron chi connectivity index (χ3n) is 4.09. The third kappa shape index (κ3) is 6.84. The van der Waals surface area contributed by atoms with Crippen molar-refractivity contribution in [1.29, 1.82) is 0 Å². The van der Waals surface area contributed by atoms with Gasteiger partial charge < -0.3 is 15.0 Å². The predicted octanol–water partition coefficient (Wildman–Crippen LogP) is 2.97. The van der Waals surface area contributed by atoms with Crippen molar-refractivity contribution in [3.05, 3.63) is 57.0 Å². The summed E-state index contributed by atoms with van der Waals surface area (Å²) < 4.78 is 5.57. The molecule has 1 aromatic carbocycles. The number of aromatic amines is 1. The van der Waals surface area contributed by atoms with Crippen molar-refractivity contribution >= 4 is 17.7 Å². The van der Waals surface area contributed by atoms with Crippen LogP contribution in [0.2, 0.25) is 0 Å². The molecule has 146 valence electrons. The van der Waals surface area contributed by atoms with Crippen LogP contribution in [0.4, 0.5) is 0 Å². The number of nitrogens with one attached hydrogen (secondary N) is 2. The van der Waals surface area contributed by atoms with Crippen LogP contribution in [-0.2, 0) is 29.1 Å². The van der Waals surface area contributed by atoms with Crippen LogP contribution >= 0.6 is 11.8 Å². The Bertz CT molecular complexity index is 816. The van der Waals surface area contributed by atoms with Gasteiger partial charge in [0.05, 0.1) is 12.7 Å². The minimum absolute atomic E-state index is 0.0880. The average Bonchev–Trinajstić information content (AvgIpc) is 2.64. The molecule has 0 spiro atoms. The first-order valence-electron chi connectivity index (χ1n) is 8.99. The van der Waals surface area contributed by atoms with Gasteiger partial charge in [0.2, 0.25) is 5.91 Å². The number of benzene rings is 1.